The first-order valence-corrected chi connectivity index (χ1v) is 11.4. The van der Waals surface area contributed by atoms with E-state index in [0.717, 1.165) is 36.1 Å². The number of anilines is 2. The molecule has 2 unspecified atom stereocenters. The number of nitrogens with zero attached hydrogens (tertiary/aromatic N) is 1. The van der Waals surface area contributed by atoms with Gasteiger partial charge in [0.1, 0.15) is 0 Å². The van der Waals surface area contributed by atoms with Crippen LogP contribution in [-0.4, -0.2) is 30.9 Å². The van der Waals surface area contributed by atoms with Gasteiger partial charge >= 0.3 is 5.97 Å². The summed E-state index contributed by atoms with van der Waals surface area (Å²) in [5, 5.41) is 3.23. The monoisotopic (exact) mass is 454 g/mol. The number of amides is 2. The summed E-state index contributed by atoms with van der Waals surface area (Å²) in [6.45, 7) is 2.10. The van der Waals surface area contributed by atoms with E-state index in [9.17, 15) is 14.4 Å². The lowest BCUT2D eigenvalue weighted by Crippen LogP contribution is -2.42. The summed E-state index contributed by atoms with van der Waals surface area (Å²) < 4.78 is 5.34. The largest absolute Gasteiger partial charge is 0.455 e. The highest BCUT2D eigenvalue weighted by Crippen LogP contribution is 2.36. The molecule has 2 aromatic rings. The van der Waals surface area contributed by atoms with Crippen LogP contribution in [0.1, 0.15) is 36.8 Å². The first-order valence-electron chi connectivity index (χ1n) is 11.1. The fourth-order valence-electron chi connectivity index (χ4n) is 4.63. The van der Waals surface area contributed by atoms with Crippen molar-refractivity contribution in [3.05, 3.63) is 58.6 Å². The summed E-state index contributed by atoms with van der Waals surface area (Å²) in [6.07, 6.45) is 3.86. The second kappa shape index (κ2) is 9.74. The van der Waals surface area contributed by atoms with E-state index in [2.05, 4.69) is 5.32 Å². The van der Waals surface area contributed by atoms with E-state index in [-0.39, 0.29) is 5.91 Å². The number of rotatable bonds is 5. The first kappa shape index (κ1) is 22.3. The van der Waals surface area contributed by atoms with Crippen LogP contribution in [0.5, 0.6) is 0 Å². The maximum atomic E-state index is 13.4. The number of halogens is 1. The van der Waals surface area contributed by atoms with Crippen LogP contribution in [0.15, 0.2) is 42.5 Å². The number of fused-ring (bicyclic) bond motifs is 1. The highest BCUT2D eigenvalue weighted by atomic mass is 35.5. The van der Waals surface area contributed by atoms with Gasteiger partial charge in [-0.05, 0) is 55.5 Å². The summed E-state index contributed by atoms with van der Waals surface area (Å²) >= 11 is 5.99. The Morgan fingerprint density at radius 1 is 1.09 bits per heavy atom. The van der Waals surface area contributed by atoms with E-state index < -0.39 is 30.3 Å². The van der Waals surface area contributed by atoms with Crippen molar-refractivity contribution in [2.24, 2.45) is 11.8 Å². The zero-order valence-corrected chi connectivity index (χ0v) is 18.9. The molecular weight excluding hydrogens is 428 g/mol. The molecule has 1 saturated carbocycles. The molecule has 168 valence electrons. The van der Waals surface area contributed by atoms with Crippen molar-refractivity contribution in [1.82, 2.24) is 0 Å². The van der Waals surface area contributed by atoms with E-state index >= 15 is 0 Å². The Labute approximate surface area is 192 Å². The normalized spacial score (nSPS) is 19.9. The van der Waals surface area contributed by atoms with Gasteiger partial charge in [0, 0.05) is 22.9 Å². The summed E-state index contributed by atoms with van der Waals surface area (Å²) in [5.74, 6) is -1.87. The first-order chi connectivity index (χ1) is 15.4. The number of esters is 1. The van der Waals surface area contributed by atoms with Crippen LogP contribution in [0.25, 0.3) is 0 Å². The highest BCUT2D eigenvalue weighted by Gasteiger charge is 2.40. The van der Waals surface area contributed by atoms with Crippen LogP contribution >= 0.6 is 11.6 Å². The number of hydrogen-bond acceptors (Lipinski definition) is 4. The topological polar surface area (TPSA) is 75.7 Å². The number of ether oxygens (including phenoxy) is 1. The molecule has 0 saturated heterocycles. The van der Waals surface area contributed by atoms with Crippen molar-refractivity contribution < 1.29 is 19.1 Å². The number of nitrogens with one attached hydrogen (secondary N) is 1. The molecule has 6 nitrogen and oxygen atoms in total. The van der Waals surface area contributed by atoms with Gasteiger partial charge in [-0.15, -0.1) is 0 Å². The third-order valence-corrected chi connectivity index (χ3v) is 6.59. The van der Waals surface area contributed by atoms with Crippen molar-refractivity contribution in [3.8, 4) is 0 Å². The summed E-state index contributed by atoms with van der Waals surface area (Å²) in [4.78, 5) is 40.3. The Morgan fingerprint density at radius 3 is 2.66 bits per heavy atom. The maximum absolute atomic E-state index is 13.4. The number of carbonyl (C=O) groups excluding carboxylic acids is 3. The minimum atomic E-state index is -0.523. The van der Waals surface area contributed by atoms with Crippen molar-refractivity contribution in [3.63, 3.8) is 0 Å². The fraction of sp³-hybridized carbons (Fsp3) is 0.400. The molecule has 0 aromatic heterocycles. The van der Waals surface area contributed by atoms with Crippen LogP contribution in [0.3, 0.4) is 0 Å². The van der Waals surface area contributed by atoms with Gasteiger partial charge in [-0.1, -0.05) is 48.7 Å². The van der Waals surface area contributed by atoms with E-state index in [4.69, 9.17) is 16.3 Å². The van der Waals surface area contributed by atoms with Gasteiger partial charge in [0.2, 0.25) is 5.91 Å². The minimum absolute atomic E-state index is 0.0180. The molecule has 0 bridgehead atoms. The lowest BCUT2D eigenvalue weighted by molar-refractivity contribution is -0.156. The van der Waals surface area contributed by atoms with Gasteiger partial charge in [0.25, 0.3) is 5.91 Å². The van der Waals surface area contributed by atoms with Crippen molar-refractivity contribution in [1.29, 1.82) is 0 Å². The van der Waals surface area contributed by atoms with E-state index in [0.29, 0.717) is 30.1 Å². The second-order valence-electron chi connectivity index (χ2n) is 8.48. The van der Waals surface area contributed by atoms with Gasteiger partial charge in [-0.3, -0.25) is 14.4 Å². The minimum Gasteiger partial charge on any atom is -0.455 e. The third-order valence-electron chi connectivity index (χ3n) is 6.36. The molecule has 32 heavy (non-hydrogen) atoms. The average molecular weight is 455 g/mol. The van der Waals surface area contributed by atoms with E-state index in [1.54, 1.807) is 23.1 Å². The quantitative estimate of drug-likeness (QED) is 0.673. The Balaban J connectivity index is 1.38. The summed E-state index contributed by atoms with van der Waals surface area (Å²) in [5.41, 5.74) is 3.53. The van der Waals surface area contributed by atoms with Gasteiger partial charge in [0.15, 0.2) is 6.61 Å². The summed E-state index contributed by atoms with van der Waals surface area (Å²) in [7, 11) is 0. The molecule has 2 aliphatic rings. The second-order valence-corrected chi connectivity index (χ2v) is 8.92. The predicted molar refractivity (Wildman–Crippen MR) is 124 cm³/mol. The zero-order valence-electron chi connectivity index (χ0n) is 18.1. The molecule has 2 amide bonds. The number of benzene rings is 2. The molecule has 0 radical (unpaired) electrons. The Kier molecular flexibility index (Phi) is 6.80. The zero-order chi connectivity index (χ0) is 22.7. The van der Waals surface area contributed by atoms with Crippen LogP contribution in [-0.2, 0) is 25.5 Å². The Hall–Kier alpha value is -2.86. The highest BCUT2D eigenvalue weighted by molar-refractivity contribution is 6.31. The van der Waals surface area contributed by atoms with Gasteiger partial charge < -0.3 is 15.0 Å². The molecular formula is C25H27ClN2O4. The fourth-order valence-corrected chi connectivity index (χ4v) is 4.81. The maximum Gasteiger partial charge on any atom is 0.310 e. The SMILES string of the molecule is Cc1ccc(Cl)cc1NC(=O)COC(=O)C1CCCCC1C(=O)N1CCc2ccccc21. The third kappa shape index (κ3) is 4.80. The number of para-hydroxylation sites is 1. The molecule has 1 heterocycles. The van der Waals surface area contributed by atoms with Crippen LogP contribution in [0.4, 0.5) is 11.4 Å². The van der Waals surface area contributed by atoms with Crippen molar-refractivity contribution >= 4 is 40.8 Å². The predicted octanol–water partition coefficient (Wildman–Crippen LogP) is 4.53. The van der Waals surface area contributed by atoms with Gasteiger partial charge in [-0.25, -0.2) is 0 Å². The molecule has 0 spiro atoms. The van der Waals surface area contributed by atoms with E-state index in [1.807, 2.05) is 31.2 Å². The lowest BCUT2D eigenvalue weighted by atomic mass is 9.78. The van der Waals surface area contributed by atoms with Crippen LogP contribution in [0.2, 0.25) is 5.02 Å². The molecule has 7 heteroatoms. The smallest absolute Gasteiger partial charge is 0.310 e. The van der Waals surface area contributed by atoms with Crippen LogP contribution < -0.4 is 10.2 Å². The molecule has 2 aromatic carbocycles. The summed E-state index contributed by atoms with van der Waals surface area (Å²) in [6, 6.07) is 13.1. The standard InChI is InChI=1S/C25H27ClN2O4/c1-16-10-11-18(26)14-21(16)27-23(29)15-32-25(31)20-8-4-3-7-19(20)24(30)28-13-12-17-6-2-5-9-22(17)28/h2,5-6,9-11,14,19-20H,3-4,7-8,12-13,15H2,1H3,(H,27,29). The molecule has 2 atom stereocenters. The van der Waals surface area contributed by atoms with Gasteiger partial charge in [-0.2, -0.15) is 0 Å². The molecule has 4 rings (SSSR count). The molecule has 1 N–H and O–H groups in total. The van der Waals surface area contributed by atoms with Gasteiger partial charge in [0.05, 0.1) is 11.8 Å². The average Bonchev–Trinajstić information content (AvgIpc) is 3.23. The molecule has 1 aliphatic heterocycles. The van der Waals surface area contributed by atoms with Crippen LogP contribution in [0, 0.1) is 18.8 Å². The van der Waals surface area contributed by atoms with Crippen molar-refractivity contribution in [2.75, 3.05) is 23.4 Å². The Bertz CT molecular complexity index is 1040. The van der Waals surface area contributed by atoms with E-state index in [1.165, 1.54) is 0 Å². The molecule has 1 aliphatic carbocycles. The Morgan fingerprint density at radius 2 is 1.84 bits per heavy atom. The van der Waals surface area contributed by atoms with Crippen molar-refractivity contribution in [2.45, 2.75) is 39.0 Å². The lowest BCUT2D eigenvalue weighted by Gasteiger charge is -2.32. The number of carbonyl (C=O) groups is 3. The number of hydrogen-bond donors (Lipinski definition) is 1. The molecule has 1 fully saturated rings. The number of aryl methyl sites for hydroxylation is 1.